The van der Waals surface area contributed by atoms with Crippen molar-refractivity contribution < 1.29 is 14.2 Å². The summed E-state index contributed by atoms with van der Waals surface area (Å²) in [5, 5.41) is 0. The van der Waals surface area contributed by atoms with Crippen LogP contribution >= 0.6 is 0 Å². The summed E-state index contributed by atoms with van der Waals surface area (Å²) in [6.07, 6.45) is 1.63. The topological polar surface area (TPSA) is 53.7 Å². The van der Waals surface area contributed by atoms with E-state index < -0.39 is 0 Å². The van der Waals surface area contributed by atoms with Crippen molar-refractivity contribution in [2.75, 3.05) is 25.6 Å². The van der Waals surface area contributed by atoms with Gasteiger partial charge in [-0.3, -0.25) is 0 Å². The Morgan fingerprint density at radius 1 is 1.35 bits per heavy atom. The van der Waals surface area contributed by atoms with Crippen molar-refractivity contribution in [2.24, 2.45) is 0 Å². The van der Waals surface area contributed by atoms with Gasteiger partial charge in [-0.05, 0) is 25.0 Å². The molecule has 1 aromatic rings. The first-order valence-electron chi connectivity index (χ1n) is 6.06. The fourth-order valence-electron chi connectivity index (χ4n) is 1.74. The van der Waals surface area contributed by atoms with Crippen LogP contribution in [0.4, 0.5) is 5.69 Å². The number of benzene rings is 1. The second-order valence-corrected chi connectivity index (χ2v) is 4.07. The highest BCUT2D eigenvalue weighted by atomic mass is 16.7. The van der Waals surface area contributed by atoms with Gasteiger partial charge in [-0.25, -0.2) is 0 Å². The number of hydrogen-bond donors (Lipinski definition) is 1. The zero-order valence-electron chi connectivity index (χ0n) is 10.1. The minimum absolute atomic E-state index is 0.286. The Morgan fingerprint density at radius 3 is 2.76 bits per heavy atom. The van der Waals surface area contributed by atoms with Crippen LogP contribution in [0.3, 0.4) is 0 Å². The fraction of sp³-hybridized carbons (Fsp3) is 0.538. The van der Waals surface area contributed by atoms with Crippen LogP contribution in [-0.4, -0.2) is 19.8 Å². The van der Waals surface area contributed by atoms with E-state index in [1.54, 1.807) is 0 Å². The standard InChI is InChI=1S/C13H19NO3/c1-2-6-15-12-5-4-10(9-11(12)14)13-16-7-3-8-17-13/h4-5,9,13H,2-3,6-8,14H2,1H3. The van der Waals surface area contributed by atoms with Gasteiger partial charge in [-0.1, -0.05) is 13.0 Å². The average Bonchev–Trinajstić information content (AvgIpc) is 2.38. The molecule has 17 heavy (non-hydrogen) atoms. The molecule has 1 fully saturated rings. The van der Waals surface area contributed by atoms with Crippen LogP contribution in [0.5, 0.6) is 5.75 Å². The molecular formula is C13H19NO3. The lowest BCUT2D eigenvalue weighted by molar-refractivity contribution is -0.183. The van der Waals surface area contributed by atoms with Crippen LogP contribution in [-0.2, 0) is 9.47 Å². The zero-order chi connectivity index (χ0) is 12.1. The van der Waals surface area contributed by atoms with Gasteiger partial charge in [0.2, 0.25) is 0 Å². The second-order valence-electron chi connectivity index (χ2n) is 4.07. The molecule has 0 aromatic heterocycles. The van der Waals surface area contributed by atoms with Gasteiger partial charge < -0.3 is 19.9 Å². The largest absolute Gasteiger partial charge is 0.491 e. The lowest BCUT2D eigenvalue weighted by Crippen LogP contribution is -2.17. The van der Waals surface area contributed by atoms with Gasteiger partial charge in [-0.2, -0.15) is 0 Å². The monoisotopic (exact) mass is 237 g/mol. The number of nitrogens with two attached hydrogens (primary N) is 1. The molecule has 1 aliphatic heterocycles. The Bertz CT molecular complexity index is 362. The summed E-state index contributed by atoms with van der Waals surface area (Å²) in [5.74, 6) is 0.728. The van der Waals surface area contributed by atoms with Crippen molar-refractivity contribution in [3.05, 3.63) is 23.8 Å². The van der Waals surface area contributed by atoms with Crippen molar-refractivity contribution in [3.8, 4) is 5.75 Å². The van der Waals surface area contributed by atoms with Crippen LogP contribution in [0.1, 0.15) is 31.6 Å². The van der Waals surface area contributed by atoms with E-state index >= 15 is 0 Å². The molecule has 94 valence electrons. The number of anilines is 1. The number of nitrogen functional groups attached to an aromatic ring is 1. The lowest BCUT2D eigenvalue weighted by atomic mass is 10.1. The second kappa shape index (κ2) is 5.89. The third-order valence-electron chi connectivity index (χ3n) is 2.59. The molecule has 0 atom stereocenters. The van der Waals surface area contributed by atoms with Gasteiger partial charge >= 0.3 is 0 Å². The molecule has 1 aromatic carbocycles. The highest BCUT2D eigenvalue weighted by molar-refractivity contribution is 5.54. The summed E-state index contributed by atoms with van der Waals surface area (Å²) in [4.78, 5) is 0. The Balaban J connectivity index is 2.06. The molecule has 0 aliphatic carbocycles. The van der Waals surface area contributed by atoms with Crippen molar-refractivity contribution in [1.82, 2.24) is 0 Å². The maximum absolute atomic E-state index is 5.93. The van der Waals surface area contributed by atoms with E-state index in [1.807, 2.05) is 18.2 Å². The molecule has 0 spiro atoms. The predicted molar refractivity (Wildman–Crippen MR) is 65.9 cm³/mol. The Kier molecular flexibility index (Phi) is 4.23. The highest BCUT2D eigenvalue weighted by Gasteiger charge is 2.17. The van der Waals surface area contributed by atoms with Crippen molar-refractivity contribution in [2.45, 2.75) is 26.1 Å². The van der Waals surface area contributed by atoms with E-state index in [9.17, 15) is 0 Å². The first kappa shape index (κ1) is 12.2. The molecule has 2 rings (SSSR count). The first-order chi connectivity index (χ1) is 8.31. The molecule has 2 N–H and O–H groups in total. The molecule has 0 radical (unpaired) electrons. The van der Waals surface area contributed by atoms with Gasteiger partial charge in [0.25, 0.3) is 0 Å². The minimum Gasteiger partial charge on any atom is -0.491 e. The predicted octanol–water partition coefficient (Wildman–Crippen LogP) is 2.49. The first-order valence-corrected chi connectivity index (χ1v) is 6.06. The van der Waals surface area contributed by atoms with E-state index in [1.165, 1.54) is 0 Å². The maximum atomic E-state index is 5.93. The molecule has 0 bridgehead atoms. The normalized spacial score (nSPS) is 17.0. The molecule has 4 nitrogen and oxygen atoms in total. The fourth-order valence-corrected chi connectivity index (χ4v) is 1.74. The molecule has 0 saturated carbocycles. The van der Waals surface area contributed by atoms with Gasteiger partial charge in [0.15, 0.2) is 6.29 Å². The van der Waals surface area contributed by atoms with Crippen molar-refractivity contribution in [1.29, 1.82) is 0 Å². The van der Waals surface area contributed by atoms with Crippen molar-refractivity contribution >= 4 is 5.69 Å². The van der Waals surface area contributed by atoms with Crippen LogP contribution < -0.4 is 10.5 Å². The molecule has 1 saturated heterocycles. The molecule has 0 amide bonds. The van der Waals surface area contributed by atoms with Crippen LogP contribution in [0, 0.1) is 0 Å². The Morgan fingerprint density at radius 2 is 2.12 bits per heavy atom. The number of ether oxygens (including phenoxy) is 3. The minimum atomic E-state index is -0.286. The number of rotatable bonds is 4. The zero-order valence-corrected chi connectivity index (χ0v) is 10.1. The number of hydrogen-bond acceptors (Lipinski definition) is 4. The summed E-state index contributed by atoms with van der Waals surface area (Å²) in [6.45, 7) is 4.21. The van der Waals surface area contributed by atoms with Gasteiger partial charge in [0, 0.05) is 5.56 Å². The lowest BCUT2D eigenvalue weighted by Gasteiger charge is -2.24. The summed E-state index contributed by atoms with van der Waals surface area (Å²) in [6, 6.07) is 5.68. The third-order valence-corrected chi connectivity index (χ3v) is 2.59. The van der Waals surface area contributed by atoms with Crippen LogP contribution in [0.25, 0.3) is 0 Å². The summed E-state index contributed by atoms with van der Waals surface area (Å²) >= 11 is 0. The molecule has 4 heteroatoms. The SMILES string of the molecule is CCCOc1ccc(C2OCCCO2)cc1N. The van der Waals surface area contributed by atoms with Crippen LogP contribution in [0.2, 0.25) is 0 Å². The van der Waals surface area contributed by atoms with E-state index in [0.717, 1.165) is 37.4 Å². The Hall–Kier alpha value is -1.26. The quantitative estimate of drug-likeness (QED) is 0.817. The average molecular weight is 237 g/mol. The molecular weight excluding hydrogens is 218 g/mol. The van der Waals surface area contributed by atoms with Crippen LogP contribution in [0.15, 0.2) is 18.2 Å². The summed E-state index contributed by atoms with van der Waals surface area (Å²) in [7, 11) is 0. The maximum Gasteiger partial charge on any atom is 0.183 e. The van der Waals surface area contributed by atoms with E-state index in [2.05, 4.69) is 6.92 Å². The van der Waals surface area contributed by atoms with Gasteiger partial charge in [-0.15, -0.1) is 0 Å². The van der Waals surface area contributed by atoms with E-state index in [0.29, 0.717) is 12.3 Å². The van der Waals surface area contributed by atoms with E-state index in [4.69, 9.17) is 19.9 Å². The highest BCUT2D eigenvalue weighted by Crippen LogP contribution is 2.29. The summed E-state index contributed by atoms with van der Waals surface area (Å²) < 4.78 is 16.6. The van der Waals surface area contributed by atoms with E-state index in [-0.39, 0.29) is 6.29 Å². The molecule has 0 unspecified atom stereocenters. The molecule has 1 aliphatic rings. The third kappa shape index (κ3) is 3.11. The van der Waals surface area contributed by atoms with Gasteiger partial charge in [0.05, 0.1) is 25.5 Å². The Labute approximate surface area is 102 Å². The van der Waals surface area contributed by atoms with Gasteiger partial charge in [0.1, 0.15) is 5.75 Å². The summed E-state index contributed by atoms with van der Waals surface area (Å²) in [5.41, 5.74) is 7.52. The smallest absolute Gasteiger partial charge is 0.183 e. The molecule has 1 heterocycles. The van der Waals surface area contributed by atoms with Crippen molar-refractivity contribution in [3.63, 3.8) is 0 Å².